The van der Waals surface area contributed by atoms with Crippen LogP contribution >= 0.6 is 0 Å². The quantitative estimate of drug-likeness (QED) is 0.251. The first-order valence-corrected chi connectivity index (χ1v) is 6.59. The van der Waals surface area contributed by atoms with Gasteiger partial charge in [-0.2, -0.15) is 0 Å². The highest BCUT2D eigenvalue weighted by molar-refractivity contribution is 5.78. The summed E-state index contributed by atoms with van der Waals surface area (Å²) < 4.78 is 0. The molecule has 0 heterocycles. The van der Waals surface area contributed by atoms with E-state index < -0.39 is 55.7 Å². The Morgan fingerprint density at radius 2 is 0.808 bits per heavy atom. The molecular weight excluding hydrogens is 360 g/mol. The van der Waals surface area contributed by atoms with E-state index in [0.29, 0.717) is 0 Å². The molecule has 0 saturated heterocycles. The van der Waals surface area contributed by atoms with E-state index in [4.69, 9.17) is 55.2 Å². The van der Waals surface area contributed by atoms with Gasteiger partial charge < -0.3 is 40.9 Å². The second-order valence-electron chi connectivity index (χ2n) is 4.23. The fraction of sp³-hybridized carbons (Fsp3) is 0.571. The van der Waals surface area contributed by atoms with Gasteiger partial charge in [0.15, 0.2) is 0 Å². The molecule has 0 aromatic rings. The van der Waals surface area contributed by atoms with Crippen molar-refractivity contribution in [2.24, 2.45) is 5.41 Å². The number of aliphatic hydroxyl groups excluding tert-OH is 4. The van der Waals surface area contributed by atoms with Crippen molar-refractivity contribution in [2.75, 3.05) is 26.4 Å². The Kier molecular flexibility index (Phi) is 33.0. The fourth-order valence-electron chi connectivity index (χ4n) is 0.300. The van der Waals surface area contributed by atoms with Crippen LogP contribution in [0.2, 0.25) is 0 Å². The van der Waals surface area contributed by atoms with Gasteiger partial charge in [0.25, 0.3) is 17.9 Å². The number of aliphatic carboxylic acids is 4. The van der Waals surface area contributed by atoms with E-state index in [9.17, 15) is 4.79 Å². The molecule has 12 nitrogen and oxygen atoms in total. The Labute approximate surface area is 150 Å². The van der Waals surface area contributed by atoms with E-state index in [1.54, 1.807) is 0 Å². The first-order chi connectivity index (χ1) is 11.7. The van der Waals surface area contributed by atoms with E-state index in [1.807, 2.05) is 0 Å². The molecular formula is C14H28O12. The maximum absolute atomic E-state index is 9.25. The number of aliphatic hydroxyl groups is 4. The lowest BCUT2D eigenvalue weighted by Gasteiger charge is -2.23. The van der Waals surface area contributed by atoms with Crippen LogP contribution in [0.1, 0.15) is 20.8 Å². The van der Waals surface area contributed by atoms with Gasteiger partial charge in [0, 0.05) is 26.8 Å². The molecule has 0 aliphatic heterocycles. The monoisotopic (exact) mass is 388 g/mol. The first-order valence-electron chi connectivity index (χ1n) is 6.59. The van der Waals surface area contributed by atoms with Crippen molar-refractivity contribution in [3.8, 4) is 0 Å². The average molecular weight is 388 g/mol. The van der Waals surface area contributed by atoms with Crippen molar-refractivity contribution in [1.29, 1.82) is 0 Å². The van der Waals surface area contributed by atoms with Gasteiger partial charge in [0.1, 0.15) is 0 Å². The summed E-state index contributed by atoms with van der Waals surface area (Å²) in [5.41, 5.74) is -1.11. The van der Waals surface area contributed by atoms with E-state index in [0.717, 1.165) is 26.8 Å². The van der Waals surface area contributed by atoms with Crippen LogP contribution in [-0.2, 0) is 19.2 Å². The highest BCUT2D eigenvalue weighted by atomic mass is 16.4. The number of carboxylic acid groups (broad SMARTS) is 4. The molecule has 0 aromatic carbocycles. The normalized spacial score (nSPS) is 8.27. The summed E-state index contributed by atoms with van der Waals surface area (Å²) in [6, 6.07) is 0. The second kappa shape index (κ2) is 24.7. The number of carboxylic acids is 4. The van der Waals surface area contributed by atoms with Crippen molar-refractivity contribution in [3.05, 3.63) is 12.7 Å². The van der Waals surface area contributed by atoms with Crippen molar-refractivity contribution in [2.45, 2.75) is 20.8 Å². The minimum absolute atomic E-state index is 0.406. The van der Waals surface area contributed by atoms with E-state index in [-0.39, 0.29) is 0 Å². The third-order valence-corrected chi connectivity index (χ3v) is 1.52. The second-order valence-corrected chi connectivity index (χ2v) is 4.23. The zero-order valence-electron chi connectivity index (χ0n) is 14.8. The van der Waals surface area contributed by atoms with Gasteiger partial charge >= 0.3 is 5.97 Å². The molecule has 12 heteroatoms. The molecule has 0 rings (SSSR count). The predicted octanol–water partition coefficient (Wildman–Crippen LogP) is -1.53. The van der Waals surface area contributed by atoms with Crippen LogP contribution in [0.5, 0.6) is 0 Å². The topological polar surface area (TPSA) is 230 Å². The molecule has 0 fully saturated rings. The third-order valence-electron chi connectivity index (χ3n) is 1.52. The number of rotatable bonds is 5. The predicted molar refractivity (Wildman–Crippen MR) is 88.5 cm³/mol. The maximum atomic E-state index is 9.25. The van der Waals surface area contributed by atoms with Gasteiger partial charge in [-0.3, -0.25) is 14.4 Å². The fourth-order valence-corrected chi connectivity index (χ4v) is 0.300. The minimum atomic E-state index is -1.11. The molecule has 0 saturated carbocycles. The smallest absolute Gasteiger partial charge is 0.327 e. The largest absolute Gasteiger partial charge is 0.481 e. The summed E-state index contributed by atoms with van der Waals surface area (Å²) in [5.74, 6) is -3.48. The van der Waals surface area contributed by atoms with Gasteiger partial charge in [-0.05, 0) is 0 Å². The summed E-state index contributed by atoms with van der Waals surface area (Å²) in [7, 11) is 0. The zero-order valence-corrected chi connectivity index (χ0v) is 14.8. The Hall–Kier alpha value is -2.54. The van der Waals surface area contributed by atoms with Crippen molar-refractivity contribution in [1.82, 2.24) is 0 Å². The molecule has 156 valence electrons. The molecule has 0 aliphatic rings. The highest BCUT2D eigenvalue weighted by Gasteiger charge is 2.26. The lowest BCUT2D eigenvalue weighted by atomic mass is 9.93. The lowest BCUT2D eigenvalue weighted by molar-refractivity contribution is -0.135. The Bertz CT molecular complexity index is 329. The zero-order chi connectivity index (χ0) is 22.3. The van der Waals surface area contributed by atoms with Gasteiger partial charge in [0.05, 0.1) is 31.8 Å². The first kappa shape index (κ1) is 34.7. The van der Waals surface area contributed by atoms with Crippen LogP contribution in [0.25, 0.3) is 0 Å². The summed E-state index contributed by atoms with van der Waals surface area (Å²) in [6.45, 7) is 4.59. The standard InChI is InChI=1S/C5H12O4.C3H4O2.3C2H4O2/c6-1-5(2-7,3-8)4-9;1-2-3(4)5;3*1-2(3)4/h6-9H,1-4H2;2H,1H2,(H,4,5);3*1H3,(H,3,4). The Morgan fingerprint density at radius 1 is 0.692 bits per heavy atom. The number of hydrogen-bond acceptors (Lipinski definition) is 8. The molecule has 8 N–H and O–H groups in total. The van der Waals surface area contributed by atoms with E-state index in [2.05, 4.69) is 6.58 Å². The van der Waals surface area contributed by atoms with Crippen LogP contribution in [-0.4, -0.2) is 91.2 Å². The third kappa shape index (κ3) is 68.4. The number of carbonyl (C=O) groups is 4. The maximum Gasteiger partial charge on any atom is 0.327 e. The van der Waals surface area contributed by atoms with Crippen LogP contribution in [0.15, 0.2) is 12.7 Å². The molecule has 26 heavy (non-hydrogen) atoms. The average Bonchev–Trinajstić information content (AvgIpc) is 2.49. The molecule has 0 radical (unpaired) electrons. The minimum Gasteiger partial charge on any atom is -0.481 e. The lowest BCUT2D eigenvalue weighted by Crippen LogP contribution is -2.37. The molecule has 0 aliphatic carbocycles. The Morgan fingerprint density at radius 3 is 0.808 bits per heavy atom. The SMILES string of the molecule is C=CC(=O)O.CC(=O)O.CC(=O)O.CC(=O)O.OCC(CO)(CO)CO. The van der Waals surface area contributed by atoms with Gasteiger partial charge in [-0.1, -0.05) is 6.58 Å². The molecule has 0 unspecified atom stereocenters. The van der Waals surface area contributed by atoms with Crippen LogP contribution in [0, 0.1) is 5.41 Å². The van der Waals surface area contributed by atoms with Gasteiger partial charge in [0.2, 0.25) is 0 Å². The summed E-state index contributed by atoms with van der Waals surface area (Å²) in [6.07, 6.45) is 0.833. The van der Waals surface area contributed by atoms with Crippen molar-refractivity contribution < 1.29 is 60.0 Å². The molecule has 0 spiro atoms. The van der Waals surface area contributed by atoms with Crippen molar-refractivity contribution >= 4 is 23.9 Å². The summed E-state index contributed by atoms with van der Waals surface area (Å²) in [5, 5.41) is 63.8. The molecule has 0 bridgehead atoms. The van der Waals surface area contributed by atoms with Gasteiger partial charge in [-0.25, -0.2) is 4.79 Å². The van der Waals surface area contributed by atoms with Crippen LogP contribution < -0.4 is 0 Å². The van der Waals surface area contributed by atoms with E-state index in [1.165, 1.54) is 0 Å². The summed E-state index contributed by atoms with van der Waals surface area (Å²) in [4.78, 5) is 36.2. The number of hydrogen-bond donors (Lipinski definition) is 8. The van der Waals surface area contributed by atoms with Gasteiger partial charge in [-0.15, -0.1) is 0 Å². The Balaban J connectivity index is -0.0000000749. The van der Waals surface area contributed by atoms with E-state index >= 15 is 0 Å². The molecule has 0 atom stereocenters. The van der Waals surface area contributed by atoms with Crippen LogP contribution in [0.4, 0.5) is 0 Å². The molecule has 0 aromatic heterocycles. The highest BCUT2D eigenvalue weighted by Crippen LogP contribution is 2.11. The van der Waals surface area contributed by atoms with Crippen LogP contribution in [0.3, 0.4) is 0 Å². The van der Waals surface area contributed by atoms with Crippen molar-refractivity contribution in [3.63, 3.8) is 0 Å². The molecule has 0 amide bonds. The summed E-state index contributed by atoms with van der Waals surface area (Å²) >= 11 is 0.